The van der Waals surface area contributed by atoms with Crippen LogP contribution in [0.15, 0.2) is 0 Å². The summed E-state index contributed by atoms with van der Waals surface area (Å²) in [5.41, 5.74) is 4.37. The van der Waals surface area contributed by atoms with E-state index in [-0.39, 0.29) is 35.7 Å². The lowest BCUT2D eigenvalue weighted by atomic mass is 9.85. The maximum Gasteiger partial charge on any atom is 0.408 e. The highest BCUT2D eigenvalue weighted by Crippen LogP contribution is 2.65. The number of hydrogen-bond donors (Lipinski definition) is 3. The number of primary amides is 1. The Bertz CT molecular complexity index is 847. The summed E-state index contributed by atoms with van der Waals surface area (Å²) in [5, 5.41) is 5.34. The second-order valence-electron chi connectivity index (χ2n) is 11.4. The fourth-order valence-electron chi connectivity index (χ4n) is 4.98. The van der Waals surface area contributed by atoms with Crippen molar-refractivity contribution >= 4 is 29.6 Å². The Balaban J connectivity index is 2.31. The van der Waals surface area contributed by atoms with Crippen molar-refractivity contribution in [2.75, 3.05) is 6.54 Å². The quantitative estimate of drug-likeness (QED) is 0.424. The van der Waals surface area contributed by atoms with Gasteiger partial charge >= 0.3 is 6.09 Å². The molecular formula is C24H40N4O6. The fourth-order valence-corrected chi connectivity index (χ4v) is 4.98. The average Bonchev–Trinajstić information content (AvgIpc) is 3.04. The molecule has 34 heavy (non-hydrogen) atoms. The van der Waals surface area contributed by atoms with E-state index in [1.807, 2.05) is 41.5 Å². The minimum Gasteiger partial charge on any atom is -0.447 e. The third-order valence-corrected chi connectivity index (χ3v) is 6.93. The van der Waals surface area contributed by atoms with E-state index < -0.39 is 47.2 Å². The summed E-state index contributed by atoms with van der Waals surface area (Å²) in [6.07, 6.45) is -0.237. The van der Waals surface area contributed by atoms with Crippen LogP contribution >= 0.6 is 0 Å². The van der Waals surface area contributed by atoms with Gasteiger partial charge in [-0.25, -0.2) is 4.79 Å². The second kappa shape index (κ2) is 9.92. The number of ketones is 1. The predicted molar refractivity (Wildman–Crippen MR) is 125 cm³/mol. The van der Waals surface area contributed by atoms with E-state index >= 15 is 0 Å². The van der Waals surface area contributed by atoms with Crippen molar-refractivity contribution in [1.29, 1.82) is 0 Å². The highest BCUT2D eigenvalue weighted by atomic mass is 16.6. The monoisotopic (exact) mass is 480 g/mol. The van der Waals surface area contributed by atoms with Gasteiger partial charge in [0, 0.05) is 6.54 Å². The average molecular weight is 481 g/mol. The highest BCUT2D eigenvalue weighted by Gasteiger charge is 2.69. The van der Waals surface area contributed by atoms with Crippen LogP contribution in [0.25, 0.3) is 0 Å². The summed E-state index contributed by atoms with van der Waals surface area (Å²) in [6.45, 7) is 15.2. The first-order chi connectivity index (χ1) is 15.5. The Morgan fingerprint density at radius 3 is 2.18 bits per heavy atom. The van der Waals surface area contributed by atoms with Gasteiger partial charge in [0.1, 0.15) is 12.1 Å². The topological polar surface area (TPSA) is 148 Å². The largest absolute Gasteiger partial charge is 0.447 e. The van der Waals surface area contributed by atoms with E-state index in [9.17, 15) is 24.0 Å². The van der Waals surface area contributed by atoms with Gasteiger partial charge in [-0.3, -0.25) is 19.2 Å². The molecule has 0 radical (unpaired) electrons. The molecule has 0 aromatic heterocycles. The van der Waals surface area contributed by atoms with Crippen LogP contribution in [0.2, 0.25) is 0 Å². The molecule has 2 rings (SSSR count). The van der Waals surface area contributed by atoms with Crippen molar-refractivity contribution < 1.29 is 28.7 Å². The molecule has 1 aliphatic carbocycles. The molecule has 1 aliphatic heterocycles. The van der Waals surface area contributed by atoms with E-state index in [0.717, 1.165) is 0 Å². The van der Waals surface area contributed by atoms with Crippen LogP contribution in [0.3, 0.4) is 0 Å². The first-order valence-corrected chi connectivity index (χ1v) is 12.0. The zero-order chi connectivity index (χ0) is 26.2. The van der Waals surface area contributed by atoms with Gasteiger partial charge in [-0.15, -0.1) is 0 Å². The molecule has 1 heterocycles. The zero-order valence-corrected chi connectivity index (χ0v) is 21.6. The molecule has 1 saturated carbocycles. The van der Waals surface area contributed by atoms with Crippen LogP contribution in [-0.4, -0.2) is 65.3 Å². The molecule has 4 N–H and O–H groups in total. The van der Waals surface area contributed by atoms with Gasteiger partial charge < -0.3 is 26.0 Å². The molecule has 192 valence electrons. The van der Waals surface area contributed by atoms with Crippen LogP contribution in [0.5, 0.6) is 0 Å². The van der Waals surface area contributed by atoms with Crippen LogP contribution in [0.4, 0.5) is 4.79 Å². The van der Waals surface area contributed by atoms with Gasteiger partial charge in [-0.2, -0.15) is 0 Å². The maximum atomic E-state index is 13.7. The number of carbonyl (C=O) groups excluding carboxylic acids is 5. The number of hydrogen-bond acceptors (Lipinski definition) is 6. The second-order valence-corrected chi connectivity index (χ2v) is 11.4. The molecule has 4 amide bonds. The molecule has 0 aromatic rings. The van der Waals surface area contributed by atoms with Gasteiger partial charge in [0.25, 0.3) is 5.91 Å². The SMILES string of the molecule is CCCC(NC(=O)[C@@H]1[C@H]2[C@@H](CN1C(=O)[C@@H](NC(=O)OC(C)C)C(C)(C)C)C2(C)C)C(=O)C(N)=O. The number of rotatable bonds is 9. The van der Waals surface area contributed by atoms with Crippen LogP contribution in [0, 0.1) is 22.7 Å². The number of nitrogens with two attached hydrogens (primary N) is 1. The molecule has 10 nitrogen and oxygen atoms in total. The highest BCUT2D eigenvalue weighted by molar-refractivity contribution is 6.37. The number of fused-ring (bicyclic) bond motifs is 1. The van der Waals surface area contributed by atoms with E-state index in [0.29, 0.717) is 13.0 Å². The number of likely N-dealkylation sites (tertiary alicyclic amines) is 1. The van der Waals surface area contributed by atoms with E-state index in [2.05, 4.69) is 10.6 Å². The number of nitrogens with zero attached hydrogens (tertiary/aromatic N) is 1. The van der Waals surface area contributed by atoms with Crippen molar-refractivity contribution in [3.63, 3.8) is 0 Å². The molecule has 0 spiro atoms. The number of ether oxygens (including phenoxy) is 1. The number of piperidine rings is 1. The van der Waals surface area contributed by atoms with Crippen molar-refractivity contribution in [3.8, 4) is 0 Å². The van der Waals surface area contributed by atoms with Crippen molar-refractivity contribution in [2.45, 2.75) is 92.5 Å². The summed E-state index contributed by atoms with van der Waals surface area (Å²) < 4.78 is 5.17. The molecular weight excluding hydrogens is 440 g/mol. The van der Waals surface area contributed by atoms with Gasteiger partial charge in [0.2, 0.25) is 17.6 Å². The van der Waals surface area contributed by atoms with E-state index in [1.54, 1.807) is 13.8 Å². The number of alkyl carbamates (subject to hydrolysis) is 1. The molecule has 2 aliphatic rings. The third-order valence-electron chi connectivity index (χ3n) is 6.93. The van der Waals surface area contributed by atoms with Crippen molar-refractivity contribution in [3.05, 3.63) is 0 Å². The molecule has 0 aromatic carbocycles. The van der Waals surface area contributed by atoms with Crippen molar-refractivity contribution in [2.24, 2.45) is 28.4 Å². The Morgan fingerprint density at radius 1 is 1.12 bits per heavy atom. The normalized spacial score (nSPS) is 24.6. The fraction of sp³-hybridized carbons (Fsp3) is 0.792. The number of carbonyl (C=O) groups is 5. The molecule has 1 unspecified atom stereocenters. The lowest BCUT2D eigenvalue weighted by molar-refractivity contribution is -0.145. The van der Waals surface area contributed by atoms with Crippen LogP contribution < -0.4 is 16.4 Å². The lowest BCUT2D eigenvalue weighted by Gasteiger charge is -2.37. The molecule has 0 bridgehead atoms. The van der Waals surface area contributed by atoms with Gasteiger partial charge in [-0.05, 0) is 42.9 Å². The summed E-state index contributed by atoms with van der Waals surface area (Å²) in [6, 6.07) is -2.78. The zero-order valence-electron chi connectivity index (χ0n) is 21.6. The predicted octanol–water partition coefficient (Wildman–Crippen LogP) is 1.36. The lowest BCUT2D eigenvalue weighted by Crippen LogP contribution is -2.60. The van der Waals surface area contributed by atoms with Gasteiger partial charge in [-0.1, -0.05) is 48.0 Å². The van der Waals surface area contributed by atoms with Gasteiger partial charge in [0.05, 0.1) is 12.1 Å². The summed E-state index contributed by atoms with van der Waals surface area (Å²) in [5.74, 6) is -2.81. The first-order valence-electron chi connectivity index (χ1n) is 12.0. The first kappa shape index (κ1) is 27.6. The van der Waals surface area contributed by atoms with E-state index in [1.165, 1.54) is 4.90 Å². The Morgan fingerprint density at radius 2 is 1.71 bits per heavy atom. The number of nitrogens with one attached hydrogen (secondary N) is 2. The van der Waals surface area contributed by atoms with E-state index in [4.69, 9.17) is 10.5 Å². The number of Topliss-reactive ketones (excluding diaryl/α,β-unsaturated/α-hetero) is 1. The molecule has 2 fully saturated rings. The maximum absolute atomic E-state index is 13.7. The molecule has 1 saturated heterocycles. The standard InChI is InChI=1S/C24H40N4O6/c1-9-10-14(17(29)19(25)30)26-20(31)16-15-13(24(15,7)8)11-28(16)21(32)18(23(4,5)6)27-22(33)34-12(2)3/h12-16,18H,9-11H2,1-8H3,(H2,25,30)(H,26,31)(H,27,33)/t13-,14?,15-,16+,18-/m1/s1. The summed E-state index contributed by atoms with van der Waals surface area (Å²) >= 11 is 0. The Labute approximate surface area is 201 Å². The number of amides is 4. The third kappa shape index (κ3) is 5.70. The molecule has 10 heteroatoms. The minimum atomic E-state index is -1.11. The Hall–Kier alpha value is -2.65. The minimum absolute atomic E-state index is 0.0920. The molecule has 5 atom stereocenters. The van der Waals surface area contributed by atoms with Crippen molar-refractivity contribution in [1.82, 2.24) is 15.5 Å². The van der Waals surface area contributed by atoms with Crippen LogP contribution in [0.1, 0.15) is 68.2 Å². The summed E-state index contributed by atoms with van der Waals surface area (Å²) in [7, 11) is 0. The van der Waals surface area contributed by atoms with Gasteiger partial charge in [0.15, 0.2) is 0 Å². The summed E-state index contributed by atoms with van der Waals surface area (Å²) in [4.78, 5) is 64.6. The van der Waals surface area contributed by atoms with Crippen LogP contribution in [-0.2, 0) is 23.9 Å². The smallest absolute Gasteiger partial charge is 0.408 e. The Kier molecular flexibility index (Phi) is 8.05.